The van der Waals surface area contributed by atoms with Crippen LogP contribution in [0.2, 0.25) is 0 Å². The number of nitrogens with one attached hydrogen (secondary N) is 3. The van der Waals surface area contributed by atoms with Gasteiger partial charge in [-0.05, 0) is 30.7 Å². The fourth-order valence-electron chi connectivity index (χ4n) is 2.97. The Kier molecular flexibility index (Phi) is 6.77. The number of aliphatic carboxylic acids is 2. The zero-order valence-electron chi connectivity index (χ0n) is 16.7. The molecule has 1 amide bonds. The molecule has 1 aliphatic heterocycles. The Hall–Kier alpha value is -4.29. The summed E-state index contributed by atoms with van der Waals surface area (Å²) in [6.45, 7) is 0.692. The highest BCUT2D eigenvalue weighted by Crippen LogP contribution is 2.11. The second-order valence-electron chi connectivity index (χ2n) is 7.00. The van der Waals surface area contributed by atoms with E-state index >= 15 is 0 Å². The molecule has 0 bridgehead atoms. The summed E-state index contributed by atoms with van der Waals surface area (Å²) >= 11 is 0. The second-order valence-corrected chi connectivity index (χ2v) is 7.00. The van der Waals surface area contributed by atoms with Gasteiger partial charge in [-0.25, -0.2) is 4.79 Å². The highest BCUT2D eigenvalue weighted by atomic mass is 16.4. The molecule has 2 aromatic rings. The summed E-state index contributed by atoms with van der Waals surface area (Å²) in [5.74, 6) is -3.10. The van der Waals surface area contributed by atoms with Crippen LogP contribution in [0.15, 0.2) is 39.0 Å². The van der Waals surface area contributed by atoms with Crippen LogP contribution in [0, 0.1) is 0 Å². The van der Waals surface area contributed by atoms with Crippen LogP contribution in [0.1, 0.15) is 23.2 Å². The fourth-order valence-corrected chi connectivity index (χ4v) is 2.97. The van der Waals surface area contributed by atoms with Crippen molar-refractivity contribution < 1.29 is 24.6 Å². The predicted octanol–water partition coefficient (Wildman–Crippen LogP) is -1.87. The van der Waals surface area contributed by atoms with E-state index < -0.39 is 29.4 Å². The highest BCUT2D eigenvalue weighted by Gasteiger charge is 2.21. The van der Waals surface area contributed by atoms with Crippen molar-refractivity contribution in [3.8, 4) is 0 Å². The maximum absolute atomic E-state index is 12.3. The van der Waals surface area contributed by atoms with E-state index in [9.17, 15) is 19.2 Å². The number of nitrogen functional groups attached to an aromatic ring is 1. The first kappa shape index (κ1) is 22.4. The Morgan fingerprint density at radius 1 is 1.22 bits per heavy atom. The number of fused-ring (bicyclic) bond motifs is 1. The van der Waals surface area contributed by atoms with Gasteiger partial charge in [0, 0.05) is 24.2 Å². The van der Waals surface area contributed by atoms with Crippen molar-refractivity contribution in [2.24, 2.45) is 9.98 Å². The normalized spacial score (nSPS) is 15.4. The first-order valence-electron chi connectivity index (χ1n) is 9.60. The van der Waals surface area contributed by atoms with Gasteiger partial charge in [0.15, 0.2) is 10.8 Å². The van der Waals surface area contributed by atoms with Gasteiger partial charge in [0.1, 0.15) is 6.04 Å². The SMILES string of the molecule is Nc1nc2c(c(=O)[nH]1)=NC(CNc1ccc(C(=O)N[C@@H](CCC(=O)O)C(=O)O)cc1)CN=2. The smallest absolute Gasteiger partial charge is 0.326 e. The molecule has 2 heterocycles. The van der Waals surface area contributed by atoms with Gasteiger partial charge in [0.05, 0.1) is 12.6 Å². The molecular formula is C19H21N7O6. The molecule has 13 heteroatoms. The number of H-pyrrole nitrogens is 1. The number of carbonyl (C=O) groups is 3. The number of benzene rings is 1. The molecule has 1 aliphatic rings. The van der Waals surface area contributed by atoms with Crippen LogP contribution in [0.25, 0.3) is 0 Å². The summed E-state index contributed by atoms with van der Waals surface area (Å²) in [4.78, 5) is 61.0. The van der Waals surface area contributed by atoms with Gasteiger partial charge in [0.2, 0.25) is 5.95 Å². The van der Waals surface area contributed by atoms with Crippen LogP contribution < -0.4 is 32.8 Å². The predicted molar refractivity (Wildman–Crippen MR) is 111 cm³/mol. The van der Waals surface area contributed by atoms with E-state index in [1.54, 1.807) is 12.1 Å². The van der Waals surface area contributed by atoms with E-state index in [2.05, 4.69) is 30.6 Å². The number of nitrogens with zero attached hydrogens (tertiary/aromatic N) is 3. The van der Waals surface area contributed by atoms with Crippen LogP contribution in [0.3, 0.4) is 0 Å². The average Bonchev–Trinajstić information content (AvgIpc) is 2.75. The van der Waals surface area contributed by atoms with Crippen molar-refractivity contribution in [3.05, 3.63) is 51.0 Å². The number of carboxylic acids is 2. The van der Waals surface area contributed by atoms with Crippen molar-refractivity contribution >= 4 is 29.5 Å². The molecule has 168 valence electrons. The van der Waals surface area contributed by atoms with Gasteiger partial charge >= 0.3 is 11.9 Å². The Balaban J connectivity index is 1.59. The van der Waals surface area contributed by atoms with E-state index in [4.69, 9.17) is 15.9 Å². The summed E-state index contributed by atoms with van der Waals surface area (Å²) in [7, 11) is 0. The zero-order valence-corrected chi connectivity index (χ0v) is 16.7. The van der Waals surface area contributed by atoms with Gasteiger partial charge in [-0.2, -0.15) is 4.98 Å². The molecule has 32 heavy (non-hydrogen) atoms. The molecule has 0 aliphatic carbocycles. The van der Waals surface area contributed by atoms with E-state index in [1.807, 2.05) is 0 Å². The number of carbonyl (C=O) groups excluding carboxylic acids is 1. The Morgan fingerprint density at radius 3 is 2.59 bits per heavy atom. The van der Waals surface area contributed by atoms with Gasteiger partial charge < -0.3 is 26.6 Å². The van der Waals surface area contributed by atoms with Crippen molar-refractivity contribution in [1.82, 2.24) is 15.3 Å². The van der Waals surface area contributed by atoms with E-state index in [0.29, 0.717) is 18.8 Å². The maximum atomic E-state index is 12.3. The Bertz CT molecular complexity index is 1210. The number of amides is 1. The molecular weight excluding hydrogens is 422 g/mol. The third kappa shape index (κ3) is 5.65. The summed E-state index contributed by atoms with van der Waals surface area (Å²) in [5.41, 5.74) is 6.14. The van der Waals surface area contributed by atoms with Gasteiger partial charge in [-0.1, -0.05) is 0 Å². The first-order chi connectivity index (χ1) is 15.2. The molecule has 13 nitrogen and oxygen atoms in total. The second kappa shape index (κ2) is 9.68. The minimum Gasteiger partial charge on any atom is -0.481 e. The number of rotatable bonds is 9. The highest BCUT2D eigenvalue weighted by molar-refractivity contribution is 5.96. The maximum Gasteiger partial charge on any atom is 0.326 e. The van der Waals surface area contributed by atoms with Gasteiger partial charge in [-0.15, -0.1) is 0 Å². The van der Waals surface area contributed by atoms with Crippen molar-refractivity contribution in [2.75, 3.05) is 24.1 Å². The first-order valence-corrected chi connectivity index (χ1v) is 9.60. The lowest BCUT2D eigenvalue weighted by Gasteiger charge is -2.15. The number of aromatic nitrogens is 2. The number of hydrogen-bond acceptors (Lipinski definition) is 9. The number of aromatic amines is 1. The quantitative estimate of drug-likeness (QED) is 0.256. The van der Waals surface area contributed by atoms with Crippen LogP contribution in [-0.4, -0.2) is 63.2 Å². The summed E-state index contributed by atoms with van der Waals surface area (Å²) < 4.78 is 0. The molecule has 3 rings (SSSR count). The Morgan fingerprint density at radius 2 is 1.94 bits per heavy atom. The number of hydrogen-bond donors (Lipinski definition) is 6. The van der Waals surface area contributed by atoms with E-state index in [-0.39, 0.29) is 41.2 Å². The molecule has 1 aromatic heterocycles. The molecule has 7 N–H and O–H groups in total. The lowest BCUT2D eigenvalue weighted by molar-refractivity contribution is -0.140. The van der Waals surface area contributed by atoms with Gasteiger partial charge in [-0.3, -0.25) is 29.4 Å². The van der Waals surface area contributed by atoms with Crippen molar-refractivity contribution in [3.63, 3.8) is 0 Å². The van der Waals surface area contributed by atoms with Crippen LogP contribution in [0.4, 0.5) is 11.6 Å². The summed E-state index contributed by atoms with van der Waals surface area (Å²) in [5, 5.41) is 23.4. The zero-order chi connectivity index (χ0) is 23.3. The van der Waals surface area contributed by atoms with Gasteiger partial charge in [0.25, 0.3) is 11.5 Å². The van der Waals surface area contributed by atoms with E-state index in [1.165, 1.54) is 12.1 Å². The third-order valence-corrected chi connectivity index (χ3v) is 4.60. The van der Waals surface area contributed by atoms with Crippen LogP contribution >= 0.6 is 0 Å². The largest absolute Gasteiger partial charge is 0.481 e. The molecule has 1 unspecified atom stereocenters. The lowest BCUT2D eigenvalue weighted by atomic mass is 10.1. The van der Waals surface area contributed by atoms with Crippen molar-refractivity contribution in [2.45, 2.75) is 24.9 Å². The topological polar surface area (TPSA) is 212 Å². The Labute approximate surface area is 180 Å². The number of anilines is 2. The number of nitrogens with two attached hydrogens (primary N) is 1. The van der Waals surface area contributed by atoms with Crippen LogP contribution in [-0.2, 0) is 9.59 Å². The molecule has 0 saturated heterocycles. The summed E-state index contributed by atoms with van der Waals surface area (Å²) in [6, 6.07) is 4.66. The fraction of sp³-hybridized carbons (Fsp3) is 0.316. The van der Waals surface area contributed by atoms with Crippen molar-refractivity contribution in [1.29, 1.82) is 0 Å². The standard InChI is InChI=1S/C19H21N7O6/c20-19-25-15-14(17(30)26-19)23-11(8-22-15)7-21-10-3-1-9(2-4-10)16(29)24-12(18(31)32)5-6-13(27)28/h1-4,11-12,21H,5-8H2,(H,24,29)(H,27,28)(H,31,32)(H3,20,22,25,26,30)/t11?,12-/m0/s1. The molecule has 0 spiro atoms. The molecule has 0 saturated carbocycles. The molecule has 0 fully saturated rings. The molecule has 0 radical (unpaired) electrons. The van der Waals surface area contributed by atoms with E-state index in [0.717, 1.165) is 0 Å². The third-order valence-electron chi connectivity index (χ3n) is 4.60. The lowest BCUT2D eigenvalue weighted by Crippen LogP contribution is -2.48. The number of carboxylic acid groups (broad SMARTS) is 2. The monoisotopic (exact) mass is 443 g/mol. The average molecular weight is 443 g/mol. The summed E-state index contributed by atoms with van der Waals surface area (Å²) in [6.07, 6.45) is -0.599. The molecule has 1 aromatic carbocycles. The minimum atomic E-state index is -1.31. The minimum absolute atomic E-state index is 0.0232. The molecule has 2 atom stereocenters. The van der Waals surface area contributed by atoms with Crippen LogP contribution in [0.5, 0.6) is 0 Å².